The van der Waals surface area contributed by atoms with E-state index in [4.69, 9.17) is 0 Å². The maximum atomic E-state index is 10.1. The summed E-state index contributed by atoms with van der Waals surface area (Å²) < 4.78 is 0. The van der Waals surface area contributed by atoms with Gasteiger partial charge in [-0.2, -0.15) is 0 Å². The van der Waals surface area contributed by atoms with Gasteiger partial charge in [0, 0.05) is 22.5 Å². The van der Waals surface area contributed by atoms with Crippen molar-refractivity contribution in [2.24, 2.45) is 11.8 Å². The second-order valence-corrected chi connectivity index (χ2v) is 5.65. The highest BCUT2D eigenvalue weighted by molar-refractivity contribution is 5.84. The van der Waals surface area contributed by atoms with Crippen molar-refractivity contribution in [2.45, 2.75) is 25.5 Å². The van der Waals surface area contributed by atoms with E-state index in [9.17, 15) is 5.11 Å². The number of aliphatic hydroxyl groups is 1. The summed E-state index contributed by atoms with van der Waals surface area (Å²) in [6.45, 7) is 0.942. The fourth-order valence-corrected chi connectivity index (χ4v) is 3.73. The minimum absolute atomic E-state index is 0.328. The summed E-state index contributed by atoms with van der Waals surface area (Å²) in [5.74, 6) is 1.01. The Morgan fingerprint density at radius 2 is 2.06 bits per heavy atom. The molecule has 1 aromatic carbocycles. The Morgan fingerprint density at radius 3 is 3.00 bits per heavy atom. The number of aromatic amines is 1. The zero-order chi connectivity index (χ0) is 12.1. The van der Waals surface area contributed by atoms with Crippen molar-refractivity contribution < 1.29 is 5.11 Å². The van der Waals surface area contributed by atoms with Gasteiger partial charge < -0.3 is 10.1 Å². The molecule has 18 heavy (non-hydrogen) atoms. The monoisotopic (exact) mass is 242 g/mol. The van der Waals surface area contributed by atoms with Crippen molar-refractivity contribution in [3.05, 3.63) is 35.5 Å². The highest BCUT2D eigenvalue weighted by Gasteiger charge is 2.37. The lowest BCUT2D eigenvalue weighted by Crippen LogP contribution is -2.48. The van der Waals surface area contributed by atoms with Gasteiger partial charge in [-0.3, -0.25) is 5.32 Å². The molecular formula is C15H18N2O. The van der Waals surface area contributed by atoms with Gasteiger partial charge in [-0.15, -0.1) is 0 Å². The quantitative estimate of drug-likeness (QED) is 0.660. The van der Waals surface area contributed by atoms with Crippen molar-refractivity contribution >= 4 is 10.9 Å². The molecule has 3 nitrogen and oxygen atoms in total. The van der Waals surface area contributed by atoms with Crippen LogP contribution in [0.2, 0.25) is 0 Å². The molecule has 1 aromatic heterocycles. The number of fused-ring (bicyclic) bond motifs is 4. The van der Waals surface area contributed by atoms with Crippen LogP contribution in [0.25, 0.3) is 10.9 Å². The predicted molar refractivity (Wildman–Crippen MR) is 71.3 cm³/mol. The maximum Gasteiger partial charge on any atom is 0.108 e. The van der Waals surface area contributed by atoms with E-state index in [0.717, 1.165) is 19.4 Å². The van der Waals surface area contributed by atoms with Crippen molar-refractivity contribution in [3.8, 4) is 0 Å². The van der Waals surface area contributed by atoms with Gasteiger partial charge in [-0.05, 0) is 43.4 Å². The molecule has 4 rings (SSSR count). The molecule has 0 radical (unpaired) electrons. The summed E-state index contributed by atoms with van der Waals surface area (Å²) in [4.78, 5) is 3.56. The van der Waals surface area contributed by atoms with Crippen LogP contribution in [-0.4, -0.2) is 22.9 Å². The largest absolute Gasteiger partial charge is 0.378 e. The number of aliphatic hydroxyl groups excluding tert-OH is 1. The van der Waals surface area contributed by atoms with Gasteiger partial charge in [-0.25, -0.2) is 0 Å². The molecule has 0 saturated carbocycles. The third kappa shape index (κ3) is 1.44. The van der Waals surface area contributed by atoms with E-state index < -0.39 is 0 Å². The number of benzene rings is 1. The molecule has 1 fully saturated rings. The van der Waals surface area contributed by atoms with Gasteiger partial charge in [0.15, 0.2) is 0 Å². The molecule has 1 saturated heterocycles. The molecule has 1 aliphatic carbocycles. The molecule has 3 unspecified atom stereocenters. The number of hydrogen-bond acceptors (Lipinski definition) is 2. The van der Waals surface area contributed by atoms with E-state index in [2.05, 4.69) is 34.6 Å². The molecule has 1 aliphatic heterocycles. The Bertz CT molecular complexity index is 589. The van der Waals surface area contributed by atoms with Crippen molar-refractivity contribution in [3.63, 3.8) is 0 Å². The molecule has 3 atom stereocenters. The zero-order valence-corrected chi connectivity index (χ0v) is 10.3. The smallest absolute Gasteiger partial charge is 0.108 e. The predicted octanol–water partition coefficient (Wildman–Crippen LogP) is 1.81. The van der Waals surface area contributed by atoms with Crippen LogP contribution in [0.3, 0.4) is 0 Å². The lowest BCUT2D eigenvalue weighted by Gasteiger charge is -2.39. The first-order chi connectivity index (χ1) is 8.83. The van der Waals surface area contributed by atoms with Crippen LogP contribution in [0.1, 0.15) is 17.7 Å². The van der Waals surface area contributed by atoms with Crippen LogP contribution < -0.4 is 5.32 Å². The lowest BCUT2D eigenvalue weighted by molar-refractivity contribution is 0.0111. The summed E-state index contributed by atoms with van der Waals surface area (Å²) in [7, 11) is 0. The summed E-state index contributed by atoms with van der Waals surface area (Å²) in [5, 5.41) is 14.7. The Labute approximate surface area is 106 Å². The molecule has 94 valence electrons. The summed E-state index contributed by atoms with van der Waals surface area (Å²) in [6, 6.07) is 8.51. The molecule has 2 aliphatic rings. The van der Waals surface area contributed by atoms with Crippen LogP contribution in [0.5, 0.6) is 0 Å². The number of aromatic nitrogens is 1. The van der Waals surface area contributed by atoms with Gasteiger partial charge in [0.05, 0.1) is 0 Å². The SMILES string of the molecule is OC1NCCC2Cc3[nH]c4ccccc4c3CC21. The van der Waals surface area contributed by atoms with Crippen LogP contribution in [-0.2, 0) is 12.8 Å². The van der Waals surface area contributed by atoms with E-state index in [1.54, 1.807) is 0 Å². The van der Waals surface area contributed by atoms with Crippen LogP contribution in [0, 0.1) is 11.8 Å². The highest BCUT2D eigenvalue weighted by atomic mass is 16.3. The van der Waals surface area contributed by atoms with Gasteiger partial charge in [0.25, 0.3) is 0 Å². The summed E-state index contributed by atoms with van der Waals surface area (Å²) in [5.41, 5.74) is 4.06. The van der Waals surface area contributed by atoms with Crippen LogP contribution >= 0.6 is 0 Å². The van der Waals surface area contributed by atoms with Gasteiger partial charge in [0.1, 0.15) is 6.23 Å². The number of rotatable bonds is 0. The Hall–Kier alpha value is -1.32. The van der Waals surface area contributed by atoms with E-state index in [0.29, 0.717) is 11.8 Å². The highest BCUT2D eigenvalue weighted by Crippen LogP contribution is 2.38. The molecule has 2 aromatic rings. The van der Waals surface area contributed by atoms with Crippen molar-refractivity contribution in [1.29, 1.82) is 0 Å². The third-order valence-corrected chi connectivity index (χ3v) is 4.69. The molecule has 3 heteroatoms. The second kappa shape index (κ2) is 3.84. The van der Waals surface area contributed by atoms with Crippen LogP contribution in [0.15, 0.2) is 24.3 Å². The normalized spacial score (nSPS) is 31.1. The summed E-state index contributed by atoms with van der Waals surface area (Å²) >= 11 is 0. The number of piperidine rings is 1. The molecule has 3 N–H and O–H groups in total. The average Bonchev–Trinajstić information content (AvgIpc) is 2.75. The third-order valence-electron chi connectivity index (χ3n) is 4.69. The van der Waals surface area contributed by atoms with Crippen molar-refractivity contribution in [2.75, 3.05) is 6.54 Å². The first-order valence-electron chi connectivity index (χ1n) is 6.83. The summed E-state index contributed by atoms with van der Waals surface area (Å²) in [6.07, 6.45) is 2.94. The first kappa shape index (κ1) is 10.6. The lowest BCUT2D eigenvalue weighted by atomic mass is 9.73. The van der Waals surface area contributed by atoms with Gasteiger partial charge in [0.2, 0.25) is 0 Å². The fourth-order valence-electron chi connectivity index (χ4n) is 3.73. The average molecular weight is 242 g/mol. The second-order valence-electron chi connectivity index (χ2n) is 5.65. The molecule has 0 spiro atoms. The first-order valence-corrected chi connectivity index (χ1v) is 6.83. The van der Waals surface area contributed by atoms with Gasteiger partial charge in [-0.1, -0.05) is 18.2 Å². The number of para-hydroxylation sites is 1. The number of H-pyrrole nitrogens is 1. The number of hydrogen-bond donors (Lipinski definition) is 3. The maximum absolute atomic E-state index is 10.1. The molecule has 2 heterocycles. The Balaban J connectivity index is 1.82. The van der Waals surface area contributed by atoms with E-state index in [-0.39, 0.29) is 6.23 Å². The van der Waals surface area contributed by atoms with Gasteiger partial charge >= 0.3 is 0 Å². The standard InChI is InChI=1S/C15H18N2O/c18-15-11-8-12-10-3-1-2-4-13(10)17-14(12)7-9(11)5-6-16-15/h1-4,9,11,15-18H,5-8H2. The molecular weight excluding hydrogens is 224 g/mol. The Kier molecular flexibility index (Phi) is 2.26. The topological polar surface area (TPSA) is 48.0 Å². The minimum atomic E-state index is -0.328. The minimum Gasteiger partial charge on any atom is -0.378 e. The van der Waals surface area contributed by atoms with E-state index in [1.807, 2.05) is 0 Å². The fraction of sp³-hybridized carbons (Fsp3) is 0.467. The van der Waals surface area contributed by atoms with E-state index >= 15 is 0 Å². The number of nitrogens with one attached hydrogen (secondary N) is 2. The zero-order valence-electron chi connectivity index (χ0n) is 10.3. The Morgan fingerprint density at radius 1 is 1.17 bits per heavy atom. The van der Waals surface area contributed by atoms with E-state index in [1.165, 1.54) is 28.6 Å². The molecule has 0 amide bonds. The molecule has 0 bridgehead atoms. The van der Waals surface area contributed by atoms with Crippen molar-refractivity contribution in [1.82, 2.24) is 10.3 Å². The van der Waals surface area contributed by atoms with Crippen LogP contribution in [0.4, 0.5) is 0 Å².